The average molecular weight is 294 g/mol. The predicted molar refractivity (Wildman–Crippen MR) is 90.2 cm³/mol. The topological polar surface area (TPSA) is 32.3 Å². The van der Waals surface area contributed by atoms with Crippen LogP contribution in [-0.4, -0.2) is 17.4 Å². The van der Waals surface area contributed by atoms with E-state index in [9.17, 15) is 4.79 Å². The molecule has 3 nitrogen and oxygen atoms in total. The van der Waals surface area contributed by atoms with E-state index in [1.807, 2.05) is 36.1 Å². The summed E-state index contributed by atoms with van der Waals surface area (Å²) >= 11 is 0. The molecule has 3 heteroatoms. The Labute approximate surface area is 132 Å². The van der Waals surface area contributed by atoms with Crippen LogP contribution < -0.4 is 5.32 Å². The van der Waals surface area contributed by atoms with Gasteiger partial charge in [-0.2, -0.15) is 0 Å². The van der Waals surface area contributed by atoms with Gasteiger partial charge in [0, 0.05) is 17.8 Å². The van der Waals surface area contributed by atoms with Gasteiger partial charge in [-0.05, 0) is 51.0 Å². The second-order valence-corrected chi connectivity index (χ2v) is 6.00. The second kappa shape index (κ2) is 5.48. The SMILES string of the molecule is CCN1C(=O)c2ccccc2NC1c1c(C)cc(C)cc1C. The molecule has 0 spiro atoms. The lowest BCUT2D eigenvalue weighted by Gasteiger charge is -2.39. The number of hydrogen-bond acceptors (Lipinski definition) is 2. The molecule has 2 aromatic carbocycles. The number of amides is 1. The molecule has 22 heavy (non-hydrogen) atoms. The van der Waals surface area contributed by atoms with Crippen LogP contribution in [0.2, 0.25) is 0 Å². The van der Waals surface area contributed by atoms with Crippen LogP contribution in [0.15, 0.2) is 36.4 Å². The Morgan fingerprint density at radius 1 is 1.09 bits per heavy atom. The number of aryl methyl sites for hydroxylation is 3. The van der Waals surface area contributed by atoms with Crippen molar-refractivity contribution in [2.75, 3.05) is 11.9 Å². The highest BCUT2D eigenvalue weighted by atomic mass is 16.2. The minimum absolute atomic E-state index is 0.0984. The summed E-state index contributed by atoms with van der Waals surface area (Å²) in [5.41, 5.74) is 6.57. The molecule has 1 heterocycles. The number of carbonyl (C=O) groups is 1. The highest BCUT2D eigenvalue weighted by molar-refractivity contribution is 6.01. The lowest BCUT2D eigenvalue weighted by Crippen LogP contribution is -2.43. The monoisotopic (exact) mass is 294 g/mol. The number of para-hydroxylation sites is 1. The highest BCUT2D eigenvalue weighted by Gasteiger charge is 2.33. The molecule has 2 aromatic rings. The molecular formula is C19H22N2O. The third-order valence-electron chi connectivity index (χ3n) is 4.37. The number of fused-ring (bicyclic) bond motifs is 1. The van der Waals surface area contributed by atoms with Crippen LogP contribution >= 0.6 is 0 Å². The number of hydrogen-bond donors (Lipinski definition) is 1. The summed E-state index contributed by atoms with van der Waals surface area (Å²) in [5.74, 6) is 0.0984. The molecule has 0 aliphatic carbocycles. The van der Waals surface area contributed by atoms with E-state index in [4.69, 9.17) is 0 Å². The Kier molecular flexibility index (Phi) is 3.65. The Bertz CT molecular complexity index is 713. The molecule has 0 saturated carbocycles. The van der Waals surface area contributed by atoms with E-state index in [0.29, 0.717) is 6.54 Å². The fraction of sp³-hybridized carbons (Fsp3) is 0.316. The summed E-state index contributed by atoms with van der Waals surface area (Å²) in [5, 5.41) is 3.55. The van der Waals surface area contributed by atoms with Crippen LogP contribution in [0.5, 0.6) is 0 Å². The molecule has 0 saturated heterocycles. The van der Waals surface area contributed by atoms with Gasteiger partial charge in [0.1, 0.15) is 6.17 Å². The zero-order valence-electron chi connectivity index (χ0n) is 13.6. The Hall–Kier alpha value is -2.29. The molecule has 0 radical (unpaired) electrons. The van der Waals surface area contributed by atoms with Crippen LogP contribution in [0.3, 0.4) is 0 Å². The fourth-order valence-corrected chi connectivity index (χ4v) is 3.47. The van der Waals surface area contributed by atoms with Crippen molar-refractivity contribution in [3.63, 3.8) is 0 Å². The first-order valence-electron chi connectivity index (χ1n) is 7.77. The normalized spacial score (nSPS) is 17.2. The van der Waals surface area contributed by atoms with E-state index in [2.05, 4.69) is 38.2 Å². The predicted octanol–water partition coefficient (Wildman–Crippen LogP) is 4.20. The van der Waals surface area contributed by atoms with E-state index in [0.717, 1.165) is 11.3 Å². The van der Waals surface area contributed by atoms with E-state index in [1.165, 1.54) is 22.3 Å². The van der Waals surface area contributed by atoms with Crippen LogP contribution in [0.1, 0.15) is 45.7 Å². The standard InChI is InChI=1S/C19H22N2O/c1-5-21-18(17-13(3)10-12(2)11-14(17)4)20-16-9-7-6-8-15(16)19(21)22/h6-11,18,20H,5H2,1-4H3. The zero-order valence-corrected chi connectivity index (χ0v) is 13.6. The summed E-state index contributed by atoms with van der Waals surface area (Å²) in [6, 6.07) is 12.1. The molecule has 1 atom stereocenters. The quantitative estimate of drug-likeness (QED) is 0.900. The van der Waals surface area contributed by atoms with E-state index >= 15 is 0 Å². The number of anilines is 1. The van der Waals surface area contributed by atoms with Crippen molar-refractivity contribution in [2.45, 2.75) is 33.9 Å². The zero-order chi connectivity index (χ0) is 15.9. The highest BCUT2D eigenvalue weighted by Crippen LogP contribution is 2.35. The van der Waals surface area contributed by atoms with Gasteiger partial charge < -0.3 is 10.2 Å². The van der Waals surface area contributed by atoms with Gasteiger partial charge in [-0.1, -0.05) is 29.8 Å². The van der Waals surface area contributed by atoms with Crippen LogP contribution in [0.25, 0.3) is 0 Å². The first-order chi connectivity index (χ1) is 10.5. The Morgan fingerprint density at radius 2 is 1.73 bits per heavy atom. The first kappa shape index (κ1) is 14.6. The largest absolute Gasteiger partial charge is 0.361 e. The van der Waals surface area contributed by atoms with Crippen molar-refractivity contribution in [1.29, 1.82) is 0 Å². The molecule has 1 N–H and O–H groups in total. The smallest absolute Gasteiger partial charge is 0.257 e. The minimum Gasteiger partial charge on any atom is -0.361 e. The number of carbonyl (C=O) groups excluding carboxylic acids is 1. The van der Waals surface area contributed by atoms with Crippen LogP contribution in [0.4, 0.5) is 5.69 Å². The van der Waals surface area contributed by atoms with Crippen molar-refractivity contribution in [3.05, 3.63) is 64.2 Å². The van der Waals surface area contributed by atoms with Gasteiger partial charge >= 0.3 is 0 Å². The lowest BCUT2D eigenvalue weighted by atomic mass is 9.94. The number of nitrogens with one attached hydrogen (secondary N) is 1. The Balaban J connectivity index is 2.13. The number of benzene rings is 2. The summed E-state index contributed by atoms with van der Waals surface area (Å²) in [6.07, 6.45) is -0.104. The first-order valence-corrected chi connectivity index (χ1v) is 7.77. The third kappa shape index (κ3) is 2.27. The van der Waals surface area contributed by atoms with Crippen LogP contribution in [-0.2, 0) is 0 Å². The van der Waals surface area contributed by atoms with Gasteiger partial charge in [-0.25, -0.2) is 0 Å². The van der Waals surface area contributed by atoms with Gasteiger partial charge in [0.2, 0.25) is 0 Å². The maximum atomic E-state index is 12.8. The molecular weight excluding hydrogens is 272 g/mol. The molecule has 1 amide bonds. The number of nitrogens with zero attached hydrogens (tertiary/aromatic N) is 1. The van der Waals surface area contributed by atoms with Gasteiger partial charge in [0.25, 0.3) is 5.91 Å². The van der Waals surface area contributed by atoms with Crippen molar-refractivity contribution in [2.24, 2.45) is 0 Å². The van der Waals surface area contributed by atoms with Crippen LogP contribution in [0, 0.1) is 20.8 Å². The molecule has 1 aliphatic heterocycles. The van der Waals surface area contributed by atoms with Gasteiger partial charge in [0.05, 0.1) is 5.56 Å². The lowest BCUT2D eigenvalue weighted by molar-refractivity contribution is 0.0694. The number of rotatable bonds is 2. The van der Waals surface area contributed by atoms with Crippen molar-refractivity contribution in [3.8, 4) is 0 Å². The summed E-state index contributed by atoms with van der Waals surface area (Å²) in [6.45, 7) is 9.05. The molecule has 0 bridgehead atoms. The maximum absolute atomic E-state index is 12.8. The van der Waals surface area contributed by atoms with E-state index in [1.54, 1.807) is 0 Å². The van der Waals surface area contributed by atoms with Crippen molar-refractivity contribution in [1.82, 2.24) is 4.90 Å². The average Bonchev–Trinajstić information content (AvgIpc) is 2.46. The third-order valence-corrected chi connectivity index (χ3v) is 4.37. The molecule has 0 fully saturated rings. The minimum atomic E-state index is -0.104. The molecule has 3 rings (SSSR count). The molecule has 1 unspecified atom stereocenters. The van der Waals surface area contributed by atoms with Crippen molar-refractivity contribution < 1.29 is 4.79 Å². The molecule has 0 aromatic heterocycles. The van der Waals surface area contributed by atoms with E-state index in [-0.39, 0.29) is 12.1 Å². The van der Waals surface area contributed by atoms with E-state index < -0.39 is 0 Å². The van der Waals surface area contributed by atoms with Gasteiger partial charge in [-0.15, -0.1) is 0 Å². The van der Waals surface area contributed by atoms with Gasteiger partial charge in [-0.3, -0.25) is 4.79 Å². The maximum Gasteiger partial charge on any atom is 0.257 e. The van der Waals surface area contributed by atoms with Gasteiger partial charge in [0.15, 0.2) is 0 Å². The van der Waals surface area contributed by atoms with Crippen molar-refractivity contribution >= 4 is 11.6 Å². The fourth-order valence-electron chi connectivity index (χ4n) is 3.47. The Morgan fingerprint density at radius 3 is 2.36 bits per heavy atom. The summed E-state index contributed by atoms with van der Waals surface area (Å²) in [4.78, 5) is 14.7. The second-order valence-electron chi connectivity index (χ2n) is 6.00. The summed E-state index contributed by atoms with van der Waals surface area (Å²) < 4.78 is 0. The molecule has 114 valence electrons. The summed E-state index contributed by atoms with van der Waals surface area (Å²) in [7, 11) is 0. The molecule has 1 aliphatic rings.